The number of nitrogens with one attached hydrogen (secondary N) is 1. The summed E-state index contributed by atoms with van der Waals surface area (Å²) < 4.78 is 26.4. The maximum atomic E-state index is 13.2. The molecular weight excluding hydrogens is 377 g/mol. The highest BCUT2D eigenvalue weighted by molar-refractivity contribution is 5.85. The standard InChI is InChI=1S/C15H24F2N4O2.2ClH/c16-15(17)9-12(18-11-15)14(23)21-7-5-20(6-8-21)13(22)10-19-3-1-2-4-19;;/h12,18H,1-11H2;2*1H. The van der Waals surface area contributed by atoms with Gasteiger partial charge < -0.3 is 9.80 Å². The summed E-state index contributed by atoms with van der Waals surface area (Å²) in [7, 11) is 0. The minimum Gasteiger partial charge on any atom is -0.338 e. The molecule has 3 rings (SSSR count). The van der Waals surface area contributed by atoms with E-state index in [4.69, 9.17) is 0 Å². The normalized spacial score (nSPS) is 26.1. The molecule has 0 spiro atoms. The molecule has 3 heterocycles. The van der Waals surface area contributed by atoms with Crippen molar-refractivity contribution in [2.24, 2.45) is 0 Å². The van der Waals surface area contributed by atoms with Crippen molar-refractivity contribution in [1.29, 1.82) is 0 Å². The summed E-state index contributed by atoms with van der Waals surface area (Å²) >= 11 is 0. The van der Waals surface area contributed by atoms with E-state index in [0.717, 1.165) is 25.9 Å². The Balaban J connectivity index is 0.00000156. The Kier molecular flexibility index (Phi) is 8.31. The van der Waals surface area contributed by atoms with E-state index in [1.165, 1.54) is 0 Å². The van der Waals surface area contributed by atoms with Crippen LogP contribution in [0.3, 0.4) is 0 Å². The lowest BCUT2D eigenvalue weighted by Gasteiger charge is -2.36. The molecular formula is C15H26Cl2F2N4O2. The molecule has 25 heavy (non-hydrogen) atoms. The molecule has 0 aromatic heterocycles. The van der Waals surface area contributed by atoms with Crippen molar-refractivity contribution in [3.05, 3.63) is 0 Å². The maximum Gasteiger partial charge on any atom is 0.262 e. The molecule has 1 atom stereocenters. The van der Waals surface area contributed by atoms with E-state index < -0.39 is 24.9 Å². The molecule has 3 fully saturated rings. The van der Waals surface area contributed by atoms with Gasteiger partial charge in [0, 0.05) is 32.6 Å². The molecule has 3 saturated heterocycles. The molecule has 1 unspecified atom stereocenters. The van der Waals surface area contributed by atoms with Crippen LogP contribution in [0.25, 0.3) is 0 Å². The van der Waals surface area contributed by atoms with Crippen molar-refractivity contribution in [2.45, 2.75) is 31.2 Å². The molecule has 146 valence electrons. The number of rotatable bonds is 3. The van der Waals surface area contributed by atoms with Gasteiger partial charge in [0.05, 0.1) is 19.1 Å². The predicted molar refractivity (Wildman–Crippen MR) is 94.7 cm³/mol. The van der Waals surface area contributed by atoms with E-state index in [0.29, 0.717) is 32.7 Å². The molecule has 0 radical (unpaired) electrons. The van der Waals surface area contributed by atoms with E-state index in [1.807, 2.05) is 0 Å². The number of halogens is 4. The number of nitrogens with zero attached hydrogens (tertiary/aromatic N) is 3. The number of carbonyl (C=O) groups is 2. The van der Waals surface area contributed by atoms with Gasteiger partial charge in [0.15, 0.2) is 0 Å². The monoisotopic (exact) mass is 402 g/mol. The molecule has 0 bridgehead atoms. The first-order chi connectivity index (χ1) is 10.9. The lowest BCUT2D eigenvalue weighted by atomic mass is 10.1. The Labute approximate surface area is 159 Å². The van der Waals surface area contributed by atoms with Gasteiger partial charge in [-0.2, -0.15) is 0 Å². The number of likely N-dealkylation sites (tertiary alicyclic amines) is 1. The third-order valence-corrected chi connectivity index (χ3v) is 4.91. The summed E-state index contributed by atoms with van der Waals surface area (Å²) in [5.41, 5.74) is 0. The number of alkyl halides is 2. The second-order valence-corrected chi connectivity index (χ2v) is 6.68. The van der Waals surface area contributed by atoms with Crippen LogP contribution in [0.5, 0.6) is 0 Å². The average molecular weight is 403 g/mol. The van der Waals surface area contributed by atoms with Crippen molar-refractivity contribution in [3.63, 3.8) is 0 Å². The third-order valence-electron chi connectivity index (χ3n) is 4.91. The van der Waals surface area contributed by atoms with E-state index >= 15 is 0 Å². The van der Waals surface area contributed by atoms with Gasteiger partial charge in [0.1, 0.15) is 0 Å². The SMILES string of the molecule is Cl.Cl.O=C(CN1CCCC1)N1CCN(C(=O)C2CC(F)(F)CN2)CC1. The van der Waals surface area contributed by atoms with E-state index in [1.54, 1.807) is 9.80 Å². The lowest BCUT2D eigenvalue weighted by Crippen LogP contribution is -2.55. The fraction of sp³-hybridized carbons (Fsp3) is 0.867. The Morgan fingerprint density at radius 2 is 1.52 bits per heavy atom. The first-order valence-corrected chi connectivity index (χ1v) is 8.35. The lowest BCUT2D eigenvalue weighted by molar-refractivity contribution is -0.141. The Morgan fingerprint density at radius 3 is 2.04 bits per heavy atom. The molecule has 0 aliphatic carbocycles. The summed E-state index contributed by atoms with van der Waals surface area (Å²) in [6.07, 6.45) is 1.86. The van der Waals surface area contributed by atoms with E-state index in [2.05, 4.69) is 10.2 Å². The molecule has 0 aromatic carbocycles. The van der Waals surface area contributed by atoms with Crippen molar-refractivity contribution in [3.8, 4) is 0 Å². The van der Waals surface area contributed by atoms with Crippen LogP contribution in [0.15, 0.2) is 0 Å². The second-order valence-electron chi connectivity index (χ2n) is 6.68. The highest BCUT2D eigenvalue weighted by atomic mass is 35.5. The highest BCUT2D eigenvalue weighted by Crippen LogP contribution is 2.26. The summed E-state index contributed by atoms with van der Waals surface area (Å²) in [4.78, 5) is 30.0. The fourth-order valence-electron chi connectivity index (χ4n) is 3.52. The maximum absolute atomic E-state index is 13.2. The highest BCUT2D eigenvalue weighted by Gasteiger charge is 2.43. The number of carbonyl (C=O) groups excluding carboxylic acids is 2. The fourth-order valence-corrected chi connectivity index (χ4v) is 3.52. The molecule has 6 nitrogen and oxygen atoms in total. The van der Waals surface area contributed by atoms with Crippen LogP contribution < -0.4 is 5.32 Å². The number of hydrogen-bond acceptors (Lipinski definition) is 4. The largest absolute Gasteiger partial charge is 0.338 e. The van der Waals surface area contributed by atoms with Crippen molar-refractivity contribution < 1.29 is 18.4 Å². The molecule has 1 N–H and O–H groups in total. The summed E-state index contributed by atoms with van der Waals surface area (Å²) in [5, 5.41) is 2.60. The zero-order chi connectivity index (χ0) is 16.4. The van der Waals surface area contributed by atoms with Crippen LogP contribution in [0, 0.1) is 0 Å². The quantitative estimate of drug-likeness (QED) is 0.750. The predicted octanol–water partition coefficient (Wildman–Crippen LogP) is 0.594. The van der Waals surface area contributed by atoms with E-state index in [-0.39, 0.29) is 36.6 Å². The van der Waals surface area contributed by atoms with Crippen molar-refractivity contribution in [2.75, 3.05) is 52.4 Å². The topological polar surface area (TPSA) is 55.9 Å². The van der Waals surface area contributed by atoms with Gasteiger partial charge in [0.2, 0.25) is 11.8 Å². The smallest absolute Gasteiger partial charge is 0.262 e. The van der Waals surface area contributed by atoms with Crippen LogP contribution in [0.1, 0.15) is 19.3 Å². The minimum atomic E-state index is -2.80. The van der Waals surface area contributed by atoms with Crippen LogP contribution in [0.4, 0.5) is 8.78 Å². The van der Waals surface area contributed by atoms with Gasteiger partial charge in [0.25, 0.3) is 5.92 Å². The van der Waals surface area contributed by atoms with Crippen LogP contribution in [-0.2, 0) is 9.59 Å². The molecule has 2 amide bonds. The molecule has 0 saturated carbocycles. The van der Waals surface area contributed by atoms with E-state index in [9.17, 15) is 18.4 Å². The van der Waals surface area contributed by atoms with Gasteiger partial charge in [-0.15, -0.1) is 24.8 Å². The van der Waals surface area contributed by atoms with Crippen LogP contribution in [-0.4, -0.2) is 90.8 Å². The summed E-state index contributed by atoms with van der Waals surface area (Å²) in [6.45, 7) is 3.80. The number of amides is 2. The van der Waals surface area contributed by atoms with Crippen LogP contribution >= 0.6 is 24.8 Å². The number of hydrogen-bond donors (Lipinski definition) is 1. The Morgan fingerprint density at radius 1 is 0.960 bits per heavy atom. The Bertz CT molecular complexity index is 470. The average Bonchev–Trinajstić information content (AvgIpc) is 3.16. The van der Waals surface area contributed by atoms with Crippen LogP contribution in [0.2, 0.25) is 0 Å². The second kappa shape index (κ2) is 9.30. The van der Waals surface area contributed by atoms with Gasteiger partial charge in [-0.3, -0.25) is 19.8 Å². The Hall–Kier alpha value is -0.700. The first kappa shape index (κ1) is 22.3. The van der Waals surface area contributed by atoms with Gasteiger partial charge >= 0.3 is 0 Å². The summed E-state index contributed by atoms with van der Waals surface area (Å²) in [6, 6.07) is -0.795. The minimum absolute atomic E-state index is 0. The third kappa shape index (κ3) is 5.64. The molecule has 10 heteroatoms. The zero-order valence-electron chi connectivity index (χ0n) is 14.1. The van der Waals surface area contributed by atoms with Crippen molar-refractivity contribution in [1.82, 2.24) is 20.0 Å². The number of piperazine rings is 1. The summed E-state index contributed by atoms with van der Waals surface area (Å²) in [5.74, 6) is -2.97. The molecule has 3 aliphatic heterocycles. The first-order valence-electron chi connectivity index (χ1n) is 8.35. The molecule has 3 aliphatic rings. The van der Waals surface area contributed by atoms with Crippen molar-refractivity contribution >= 4 is 36.6 Å². The zero-order valence-corrected chi connectivity index (χ0v) is 15.7. The van der Waals surface area contributed by atoms with Gasteiger partial charge in [-0.1, -0.05) is 0 Å². The van der Waals surface area contributed by atoms with Gasteiger partial charge in [-0.25, -0.2) is 8.78 Å². The molecule has 0 aromatic rings. The van der Waals surface area contributed by atoms with Gasteiger partial charge in [-0.05, 0) is 25.9 Å².